The number of hydrogen-bond donors (Lipinski definition) is 2. The highest BCUT2D eigenvalue weighted by atomic mass is 16.5. The van der Waals surface area contributed by atoms with E-state index in [2.05, 4.69) is 26.1 Å². The van der Waals surface area contributed by atoms with Crippen molar-refractivity contribution in [2.75, 3.05) is 13.2 Å². The summed E-state index contributed by atoms with van der Waals surface area (Å²) in [5.41, 5.74) is 7.38. The van der Waals surface area contributed by atoms with Gasteiger partial charge in [0.1, 0.15) is 17.9 Å². The lowest BCUT2D eigenvalue weighted by Gasteiger charge is -2.32. The van der Waals surface area contributed by atoms with Gasteiger partial charge in [0.2, 0.25) is 5.91 Å². The van der Waals surface area contributed by atoms with E-state index >= 15 is 0 Å². The molecular formula is C17H26N2O2. The Balaban J connectivity index is 2.10. The maximum absolute atomic E-state index is 12.0. The molecule has 0 heterocycles. The fourth-order valence-electron chi connectivity index (χ4n) is 2.60. The van der Waals surface area contributed by atoms with Gasteiger partial charge >= 0.3 is 0 Å². The van der Waals surface area contributed by atoms with Crippen molar-refractivity contribution in [1.82, 2.24) is 5.32 Å². The number of hydrogen-bond acceptors (Lipinski definition) is 3. The van der Waals surface area contributed by atoms with E-state index in [1.807, 2.05) is 18.2 Å². The molecule has 1 aromatic carbocycles. The van der Waals surface area contributed by atoms with Gasteiger partial charge in [0.25, 0.3) is 0 Å². The highest BCUT2D eigenvalue weighted by molar-refractivity contribution is 5.85. The lowest BCUT2D eigenvalue weighted by atomic mass is 9.93. The summed E-state index contributed by atoms with van der Waals surface area (Å²) in [6, 6.07) is 5.99. The van der Waals surface area contributed by atoms with E-state index < -0.39 is 5.54 Å². The number of benzene rings is 1. The number of aryl methyl sites for hydroxylation is 2. The van der Waals surface area contributed by atoms with Crippen LogP contribution in [-0.2, 0) is 4.79 Å². The standard InChI is InChI=1S/C17H26N2O2/c1-4-9-19-17(16(18)20,14-6-7-14)11-21-15-8-5-12(2)13(3)10-15/h5,8,10,14,19H,4,6-7,9,11H2,1-3H3,(H2,18,20). The molecule has 4 nitrogen and oxygen atoms in total. The van der Waals surface area contributed by atoms with Crippen LogP contribution in [0.5, 0.6) is 5.75 Å². The second-order valence-corrected chi connectivity index (χ2v) is 6.07. The fourth-order valence-corrected chi connectivity index (χ4v) is 2.60. The topological polar surface area (TPSA) is 64.3 Å². The van der Waals surface area contributed by atoms with Gasteiger partial charge in [-0.1, -0.05) is 13.0 Å². The molecule has 2 rings (SSSR count). The Morgan fingerprint density at radius 3 is 2.62 bits per heavy atom. The predicted molar refractivity (Wildman–Crippen MR) is 84.4 cm³/mol. The van der Waals surface area contributed by atoms with Crippen LogP contribution in [0.25, 0.3) is 0 Å². The summed E-state index contributed by atoms with van der Waals surface area (Å²) >= 11 is 0. The van der Waals surface area contributed by atoms with E-state index in [9.17, 15) is 4.79 Å². The summed E-state index contributed by atoms with van der Waals surface area (Å²) in [7, 11) is 0. The SMILES string of the molecule is CCCNC(COc1ccc(C)c(C)c1)(C(N)=O)C1CC1. The highest BCUT2D eigenvalue weighted by Gasteiger charge is 2.50. The van der Waals surface area contributed by atoms with Gasteiger partial charge in [-0.2, -0.15) is 0 Å². The van der Waals surface area contributed by atoms with Gasteiger partial charge in [-0.05, 0) is 68.8 Å². The highest BCUT2D eigenvalue weighted by Crippen LogP contribution is 2.40. The van der Waals surface area contributed by atoms with E-state index in [4.69, 9.17) is 10.5 Å². The number of rotatable bonds is 8. The number of carbonyl (C=O) groups is 1. The molecule has 0 radical (unpaired) electrons. The zero-order chi connectivity index (χ0) is 15.5. The van der Waals surface area contributed by atoms with Crippen LogP contribution in [0.2, 0.25) is 0 Å². The number of primary amides is 1. The minimum absolute atomic E-state index is 0.299. The second kappa shape index (κ2) is 6.48. The summed E-state index contributed by atoms with van der Waals surface area (Å²) in [5, 5.41) is 3.34. The van der Waals surface area contributed by atoms with E-state index in [1.165, 1.54) is 11.1 Å². The molecule has 1 aliphatic carbocycles. The van der Waals surface area contributed by atoms with Crippen LogP contribution in [0, 0.1) is 19.8 Å². The summed E-state index contributed by atoms with van der Waals surface area (Å²) in [6.07, 6.45) is 3.04. The molecule has 1 saturated carbocycles. The molecule has 1 unspecified atom stereocenters. The van der Waals surface area contributed by atoms with Crippen LogP contribution in [0.3, 0.4) is 0 Å². The number of ether oxygens (including phenoxy) is 1. The molecule has 0 spiro atoms. The van der Waals surface area contributed by atoms with Crippen molar-refractivity contribution in [3.63, 3.8) is 0 Å². The predicted octanol–water partition coefficient (Wildman–Crippen LogP) is 2.32. The van der Waals surface area contributed by atoms with Crippen molar-refractivity contribution in [2.24, 2.45) is 11.7 Å². The Bertz CT molecular complexity index is 512. The zero-order valence-electron chi connectivity index (χ0n) is 13.2. The van der Waals surface area contributed by atoms with Crippen LogP contribution in [0.15, 0.2) is 18.2 Å². The monoisotopic (exact) mass is 290 g/mol. The first-order chi connectivity index (χ1) is 9.99. The molecule has 116 valence electrons. The average molecular weight is 290 g/mol. The van der Waals surface area contributed by atoms with E-state index in [-0.39, 0.29) is 5.91 Å². The Labute approximate surface area is 127 Å². The molecule has 0 aromatic heterocycles. The lowest BCUT2D eigenvalue weighted by Crippen LogP contribution is -2.61. The first-order valence-corrected chi connectivity index (χ1v) is 7.74. The minimum atomic E-state index is -0.727. The summed E-state index contributed by atoms with van der Waals surface area (Å²) in [4.78, 5) is 12.0. The van der Waals surface area contributed by atoms with Gasteiger partial charge in [0, 0.05) is 0 Å². The van der Waals surface area contributed by atoms with Crippen LogP contribution in [-0.4, -0.2) is 24.6 Å². The second-order valence-electron chi connectivity index (χ2n) is 6.07. The normalized spacial score (nSPS) is 17.3. The van der Waals surface area contributed by atoms with Crippen molar-refractivity contribution < 1.29 is 9.53 Å². The largest absolute Gasteiger partial charge is 0.491 e. The third-order valence-electron chi connectivity index (χ3n) is 4.35. The quantitative estimate of drug-likeness (QED) is 0.772. The van der Waals surface area contributed by atoms with Crippen molar-refractivity contribution in [3.05, 3.63) is 29.3 Å². The van der Waals surface area contributed by atoms with Crippen molar-refractivity contribution >= 4 is 5.91 Å². The zero-order valence-corrected chi connectivity index (χ0v) is 13.2. The molecule has 0 aliphatic heterocycles. The number of nitrogens with one attached hydrogen (secondary N) is 1. The smallest absolute Gasteiger partial charge is 0.241 e. The number of carbonyl (C=O) groups excluding carboxylic acids is 1. The van der Waals surface area contributed by atoms with Gasteiger partial charge in [-0.25, -0.2) is 0 Å². The summed E-state index contributed by atoms with van der Waals surface area (Å²) < 4.78 is 5.90. The van der Waals surface area contributed by atoms with Crippen molar-refractivity contribution in [3.8, 4) is 5.75 Å². The number of amides is 1. The Morgan fingerprint density at radius 1 is 1.38 bits per heavy atom. The third kappa shape index (κ3) is 3.56. The third-order valence-corrected chi connectivity index (χ3v) is 4.35. The molecule has 1 atom stereocenters. The van der Waals surface area contributed by atoms with Crippen LogP contribution >= 0.6 is 0 Å². The Kier molecular flexibility index (Phi) is 4.88. The average Bonchev–Trinajstić information content (AvgIpc) is 3.27. The van der Waals surface area contributed by atoms with Crippen LogP contribution < -0.4 is 15.8 Å². The molecule has 1 aromatic rings. The lowest BCUT2D eigenvalue weighted by molar-refractivity contribution is -0.126. The van der Waals surface area contributed by atoms with Gasteiger partial charge in [-0.3, -0.25) is 4.79 Å². The fraction of sp³-hybridized carbons (Fsp3) is 0.588. The van der Waals surface area contributed by atoms with E-state index in [1.54, 1.807) is 0 Å². The summed E-state index contributed by atoms with van der Waals surface area (Å²) in [5.74, 6) is 0.790. The van der Waals surface area contributed by atoms with E-state index in [0.717, 1.165) is 31.6 Å². The molecular weight excluding hydrogens is 264 g/mol. The summed E-state index contributed by atoms with van der Waals surface area (Å²) in [6.45, 7) is 7.28. The number of nitrogens with two attached hydrogens (primary N) is 1. The van der Waals surface area contributed by atoms with Crippen LogP contribution in [0.1, 0.15) is 37.3 Å². The maximum Gasteiger partial charge on any atom is 0.241 e. The maximum atomic E-state index is 12.0. The van der Waals surface area contributed by atoms with Gasteiger partial charge in [-0.15, -0.1) is 0 Å². The molecule has 4 heteroatoms. The van der Waals surface area contributed by atoms with Crippen molar-refractivity contribution in [2.45, 2.75) is 45.6 Å². The molecule has 1 fully saturated rings. The van der Waals surface area contributed by atoms with E-state index in [0.29, 0.717) is 12.5 Å². The molecule has 21 heavy (non-hydrogen) atoms. The van der Waals surface area contributed by atoms with Crippen LogP contribution in [0.4, 0.5) is 0 Å². The first kappa shape index (κ1) is 15.8. The Morgan fingerprint density at radius 2 is 2.10 bits per heavy atom. The van der Waals surface area contributed by atoms with Gasteiger partial charge in [0.15, 0.2) is 0 Å². The molecule has 1 aliphatic rings. The molecule has 3 N–H and O–H groups in total. The minimum Gasteiger partial charge on any atom is -0.491 e. The van der Waals surface area contributed by atoms with Crippen molar-refractivity contribution in [1.29, 1.82) is 0 Å². The molecule has 1 amide bonds. The van der Waals surface area contributed by atoms with Gasteiger partial charge in [0.05, 0.1) is 0 Å². The molecule has 0 bridgehead atoms. The first-order valence-electron chi connectivity index (χ1n) is 7.74. The Hall–Kier alpha value is -1.55. The molecule has 0 saturated heterocycles. The van der Waals surface area contributed by atoms with Gasteiger partial charge < -0.3 is 15.8 Å².